The van der Waals surface area contributed by atoms with Crippen molar-refractivity contribution in [3.8, 4) is 5.69 Å². The molecule has 14 heavy (non-hydrogen) atoms. The van der Waals surface area contributed by atoms with Crippen molar-refractivity contribution in [2.75, 3.05) is 0 Å². The fraction of sp³-hybridized carbons (Fsp3) is 0.100. The Morgan fingerprint density at radius 1 is 1.14 bits per heavy atom. The fourth-order valence-corrected chi connectivity index (χ4v) is 2.04. The Morgan fingerprint density at radius 2 is 1.79 bits per heavy atom. The molecule has 0 amide bonds. The zero-order valence-electron chi connectivity index (χ0n) is 7.54. The van der Waals surface area contributed by atoms with E-state index in [0.717, 1.165) is 20.5 Å². The Kier molecular flexibility index (Phi) is 2.74. The van der Waals surface area contributed by atoms with Crippen molar-refractivity contribution in [1.29, 1.82) is 0 Å². The molecule has 0 radical (unpaired) electrons. The third-order valence-electron chi connectivity index (χ3n) is 1.94. The number of hydrogen-bond donors (Lipinski definition) is 0. The molecule has 1 aromatic heterocycles. The van der Waals surface area contributed by atoms with Crippen molar-refractivity contribution in [2.45, 2.75) is 6.92 Å². The normalized spacial score (nSPS) is 10.5. The van der Waals surface area contributed by atoms with Crippen LogP contribution in [0, 0.1) is 6.92 Å². The van der Waals surface area contributed by atoms with Crippen LogP contribution in [0.4, 0.5) is 0 Å². The van der Waals surface area contributed by atoms with Crippen molar-refractivity contribution in [3.63, 3.8) is 0 Å². The predicted molar refractivity (Wildman–Crippen MR) is 63.7 cm³/mol. The molecule has 0 aliphatic carbocycles. The van der Waals surface area contributed by atoms with Gasteiger partial charge in [0.1, 0.15) is 4.60 Å². The van der Waals surface area contributed by atoms with Gasteiger partial charge in [-0.3, -0.25) is 0 Å². The Morgan fingerprint density at radius 3 is 2.29 bits per heavy atom. The monoisotopic (exact) mass is 314 g/mol. The molecule has 0 N–H and O–H groups in total. The molecule has 2 rings (SSSR count). The van der Waals surface area contributed by atoms with Crippen LogP contribution in [-0.2, 0) is 0 Å². The quantitative estimate of drug-likeness (QED) is 0.784. The molecule has 0 aliphatic rings. The lowest BCUT2D eigenvalue weighted by Gasteiger charge is -2.01. The second kappa shape index (κ2) is 3.87. The molecule has 0 aliphatic heterocycles. The summed E-state index contributed by atoms with van der Waals surface area (Å²) in [6.07, 6.45) is 0. The highest BCUT2D eigenvalue weighted by Gasteiger charge is 2.10. The van der Waals surface area contributed by atoms with Gasteiger partial charge in [0, 0.05) is 0 Å². The number of nitrogens with zero attached hydrogens (tertiary/aromatic N) is 2. The van der Waals surface area contributed by atoms with E-state index in [2.05, 4.69) is 37.0 Å². The summed E-state index contributed by atoms with van der Waals surface area (Å²) in [5.74, 6) is 0. The maximum Gasteiger partial charge on any atom is 0.124 e. The highest BCUT2D eigenvalue weighted by molar-refractivity contribution is 9.13. The van der Waals surface area contributed by atoms with Crippen LogP contribution >= 0.6 is 31.9 Å². The minimum Gasteiger partial charge on any atom is -0.225 e. The van der Waals surface area contributed by atoms with Gasteiger partial charge in [-0.25, -0.2) is 4.68 Å². The highest BCUT2D eigenvalue weighted by Crippen LogP contribution is 2.28. The van der Waals surface area contributed by atoms with Gasteiger partial charge in [0.2, 0.25) is 0 Å². The summed E-state index contributed by atoms with van der Waals surface area (Å²) in [6, 6.07) is 10.0. The SMILES string of the molecule is Cc1nn(-c2ccccc2)c(Br)c1Br. The molecule has 0 bridgehead atoms. The summed E-state index contributed by atoms with van der Waals surface area (Å²) in [5, 5.41) is 4.40. The number of halogens is 2. The Labute approximate surface area is 99.2 Å². The smallest absolute Gasteiger partial charge is 0.124 e. The Bertz CT molecular complexity index is 449. The van der Waals surface area contributed by atoms with Gasteiger partial charge in [-0.05, 0) is 50.9 Å². The summed E-state index contributed by atoms with van der Waals surface area (Å²) in [4.78, 5) is 0. The van der Waals surface area contributed by atoms with Crippen molar-refractivity contribution in [3.05, 3.63) is 45.1 Å². The van der Waals surface area contributed by atoms with Crippen LogP contribution in [-0.4, -0.2) is 9.78 Å². The van der Waals surface area contributed by atoms with E-state index in [1.54, 1.807) is 0 Å². The zero-order valence-corrected chi connectivity index (χ0v) is 10.7. The lowest BCUT2D eigenvalue weighted by molar-refractivity contribution is 0.845. The minimum atomic E-state index is 0.946. The van der Waals surface area contributed by atoms with Gasteiger partial charge in [0.25, 0.3) is 0 Å². The first-order chi connectivity index (χ1) is 6.70. The van der Waals surface area contributed by atoms with Gasteiger partial charge >= 0.3 is 0 Å². The molecule has 2 nitrogen and oxygen atoms in total. The van der Waals surface area contributed by atoms with Gasteiger partial charge in [-0.15, -0.1) is 0 Å². The summed E-state index contributed by atoms with van der Waals surface area (Å²) in [7, 11) is 0. The van der Waals surface area contributed by atoms with Crippen molar-refractivity contribution >= 4 is 31.9 Å². The number of rotatable bonds is 1. The van der Waals surface area contributed by atoms with Gasteiger partial charge in [-0.2, -0.15) is 5.10 Å². The molecule has 0 fully saturated rings. The second-order valence-corrected chi connectivity index (χ2v) is 4.48. The molecule has 0 atom stereocenters. The summed E-state index contributed by atoms with van der Waals surface area (Å²) >= 11 is 6.96. The molecule has 0 unspecified atom stereocenters. The van der Waals surface area contributed by atoms with E-state index in [0.29, 0.717) is 0 Å². The molecule has 0 saturated carbocycles. The Hall–Kier alpha value is -0.610. The highest BCUT2D eigenvalue weighted by atomic mass is 79.9. The maximum atomic E-state index is 4.40. The molecule has 4 heteroatoms. The number of para-hydroxylation sites is 1. The first-order valence-electron chi connectivity index (χ1n) is 4.16. The lowest BCUT2D eigenvalue weighted by Crippen LogP contribution is -1.95. The van der Waals surface area contributed by atoms with Gasteiger partial charge in [-0.1, -0.05) is 18.2 Å². The van der Waals surface area contributed by atoms with Gasteiger partial charge in [0.05, 0.1) is 15.9 Å². The molecule has 72 valence electrons. The first-order valence-corrected chi connectivity index (χ1v) is 5.75. The zero-order chi connectivity index (χ0) is 10.1. The largest absolute Gasteiger partial charge is 0.225 e. The van der Waals surface area contributed by atoms with Crippen LogP contribution in [0.25, 0.3) is 5.69 Å². The van der Waals surface area contributed by atoms with Gasteiger partial charge < -0.3 is 0 Å². The van der Waals surface area contributed by atoms with E-state index < -0.39 is 0 Å². The van der Waals surface area contributed by atoms with E-state index >= 15 is 0 Å². The first kappa shape index (κ1) is 9.93. The van der Waals surface area contributed by atoms with Crippen LogP contribution in [0.3, 0.4) is 0 Å². The third kappa shape index (κ3) is 1.64. The predicted octanol–water partition coefficient (Wildman–Crippen LogP) is 3.71. The summed E-state index contributed by atoms with van der Waals surface area (Å²) in [6.45, 7) is 1.97. The number of benzene rings is 1. The van der Waals surface area contributed by atoms with E-state index in [-0.39, 0.29) is 0 Å². The molecule has 0 spiro atoms. The van der Waals surface area contributed by atoms with Crippen LogP contribution < -0.4 is 0 Å². The molecule has 0 saturated heterocycles. The Balaban J connectivity index is 2.58. The third-order valence-corrected chi connectivity index (χ3v) is 4.15. The van der Waals surface area contributed by atoms with Crippen LogP contribution in [0.15, 0.2) is 39.4 Å². The molecule has 2 aromatic rings. The lowest BCUT2D eigenvalue weighted by atomic mass is 10.3. The summed E-state index contributed by atoms with van der Waals surface area (Å²) < 4.78 is 3.81. The van der Waals surface area contributed by atoms with E-state index in [9.17, 15) is 0 Å². The summed E-state index contributed by atoms with van der Waals surface area (Å²) in [5.41, 5.74) is 2.02. The molecule has 1 heterocycles. The fourth-order valence-electron chi connectivity index (χ4n) is 1.22. The topological polar surface area (TPSA) is 17.8 Å². The van der Waals surface area contributed by atoms with Crippen LogP contribution in [0.1, 0.15) is 5.69 Å². The number of aromatic nitrogens is 2. The van der Waals surface area contributed by atoms with E-state index in [4.69, 9.17) is 0 Å². The van der Waals surface area contributed by atoms with Gasteiger partial charge in [0.15, 0.2) is 0 Å². The second-order valence-electron chi connectivity index (χ2n) is 2.94. The maximum absolute atomic E-state index is 4.40. The van der Waals surface area contributed by atoms with Crippen molar-refractivity contribution in [2.24, 2.45) is 0 Å². The van der Waals surface area contributed by atoms with Crippen molar-refractivity contribution in [1.82, 2.24) is 9.78 Å². The number of aryl methyl sites for hydroxylation is 1. The standard InChI is InChI=1S/C10H8Br2N2/c1-7-9(11)10(12)14(13-7)8-5-3-2-4-6-8/h2-6H,1H3. The van der Waals surface area contributed by atoms with E-state index in [1.807, 2.05) is 41.9 Å². The van der Waals surface area contributed by atoms with Crippen LogP contribution in [0.2, 0.25) is 0 Å². The van der Waals surface area contributed by atoms with Crippen LogP contribution in [0.5, 0.6) is 0 Å². The number of hydrogen-bond acceptors (Lipinski definition) is 1. The molecular weight excluding hydrogens is 308 g/mol. The molecular formula is C10H8Br2N2. The average Bonchev–Trinajstić information content (AvgIpc) is 2.47. The van der Waals surface area contributed by atoms with Crippen molar-refractivity contribution < 1.29 is 0 Å². The van der Waals surface area contributed by atoms with E-state index in [1.165, 1.54) is 0 Å². The minimum absolute atomic E-state index is 0.946. The molecule has 1 aromatic carbocycles. The average molecular weight is 316 g/mol.